The van der Waals surface area contributed by atoms with Gasteiger partial charge in [0.25, 0.3) is 0 Å². The Morgan fingerprint density at radius 2 is 1.70 bits per heavy atom. The van der Waals surface area contributed by atoms with Crippen LogP contribution in [0.1, 0.15) is 6.42 Å². The van der Waals surface area contributed by atoms with E-state index in [4.69, 9.17) is 8.83 Å². The molecule has 0 N–H and O–H groups in total. The summed E-state index contributed by atoms with van der Waals surface area (Å²) in [6, 6.07) is 14.0. The summed E-state index contributed by atoms with van der Waals surface area (Å²) in [5.41, 5.74) is 3.38. The Kier molecular flexibility index (Phi) is 12.3. The van der Waals surface area contributed by atoms with Crippen LogP contribution in [0.3, 0.4) is 0 Å². The molecule has 0 unspecified atom stereocenters. The molecule has 2 aromatic heterocycles. The molecule has 0 saturated carbocycles. The van der Waals surface area contributed by atoms with E-state index in [-0.39, 0.29) is 0 Å². The fraction of sp³-hybridized carbons (Fsp3) is 0.211. The summed E-state index contributed by atoms with van der Waals surface area (Å²) in [5, 5.41) is 0. The van der Waals surface area contributed by atoms with Crippen LogP contribution in [0.5, 0.6) is 0 Å². The molecular formula is C19H20Br2N3NiO2-2. The van der Waals surface area contributed by atoms with Crippen molar-refractivity contribution in [3.05, 3.63) is 66.6 Å². The third kappa shape index (κ3) is 9.02. The van der Waals surface area contributed by atoms with Crippen LogP contribution in [0.15, 0.2) is 62.5 Å². The molecule has 0 atom stereocenters. The van der Waals surface area contributed by atoms with E-state index in [1.807, 2.05) is 38.4 Å². The van der Waals surface area contributed by atoms with Gasteiger partial charge in [-0.15, -0.1) is 12.1 Å². The van der Waals surface area contributed by atoms with E-state index in [2.05, 4.69) is 71.7 Å². The fourth-order valence-electron chi connectivity index (χ4n) is 1.90. The van der Waals surface area contributed by atoms with Gasteiger partial charge in [-0.2, -0.15) is 18.6 Å². The fourth-order valence-corrected chi connectivity index (χ4v) is 2.24. The molecule has 4 rings (SSSR count). The smallest absolute Gasteiger partial charge is 0.166 e. The van der Waals surface area contributed by atoms with Crippen molar-refractivity contribution in [2.45, 2.75) is 6.42 Å². The van der Waals surface area contributed by atoms with E-state index in [1.165, 1.54) is 12.8 Å². The second-order valence-corrected chi connectivity index (χ2v) is 6.28. The van der Waals surface area contributed by atoms with Crippen LogP contribution >= 0.6 is 30.2 Å². The number of hydrogen-bond donors (Lipinski definition) is 0. The normalized spacial score (nSPS) is 9.78. The van der Waals surface area contributed by atoms with Crippen LogP contribution in [0.25, 0.3) is 22.2 Å². The van der Waals surface area contributed by atoms with Gasteiger partial charge in [-0.3, -0.25) is 4.98 Å². The van der Waals surface area contributed by atoms with Gasteiger partial charge >= 0.3 is 27.9 Å². The Labute approximate surface area is 182 Å². The summed E-state index contributed by atoms with van der Waals surface area (Å²) >= 11 is 9.59. The van der Waals surface area contributed by atoms with Crippen molar-refractivity contribution in [3.8, 4) is 0 Å². The number of halogens is 2. The van der Waals surface area contributed by atoms with Crippen molar-refractivity contribution in [2.75, 3.05) is 20.6 Å². The SMILES string of the molecule is Brc1ccc2ocnc2c1.[CH2-]CCN(C)C.[Ni][Br].[c-]1ccc2ocnc2c1. The molecule has 2 aromatic carbocycles. The molecular weight excluding hydrogens is 521 g/mol. The molecule has 0 fully saturated rings. The molecule has 0 bridgehead atoms. The molecule has 0 aliphatic carbocycles. The number of nitrogens with zero attached hydrogens (tertiary/aromatic N) is 3. The molecule has 0 saturated heterocycles. The monoisotopic (exact) mass is 538 g/mol. The van der Waals surface area contributed by atoms with Crippen LogP contribution < -0.4 is 0 Å². The minimum absolute atomic E-state index is 0.814. The van der Waals surface area contributed by atoms with Crippen LogP contribution in [-0.2, 0) is 13.7 Å². The maximum absolute atomic E-state index is 5.04. The summed E-state index contributed by atoms with van der Waals surface area (Å²) in [7, 11) is 4.09. The van der Waals surface area contributed by atoms with Gasteiger partial charge in [0.05, 0.1) is 0 Å². The summed E-state index contributed by atoms with van der Waals surface area (Å²) in [6.45, 7) is 4.78. The summed E-state index contributed by atoms with van der Waals surface area (Å²) < 4.78 is 11.0. The maximum atomic E-state index is 5.04. The van der Waals surface area contributed by atoms with E-state index < -0.39 is 0 Å². The molecule has 8 heteroatoms. The first-order valence-electron chi connectivity index (χ1n) is 7.84. The molecule has 5 nitrogen and oxygen atoms in total. The maximum Gasteiger partial charge on any atom is 0.166 e. The largest absolute Gasteiger partial charge is 0.470 e. The van der Waals surface area contributed by atoms with Crippen molar-refractivity contribution in [2.24, 2.45) is 0 Å². The Balaban J connectivity index is 0.000000200. The Morgan fingerprint density at radius 3 is 2.26 bits per heavy atom. The van der Waals surface area contributed by atoms with E-state index in [0.717, 1.165) is 39.6 Å². The van der Waals surface area contributed by atoms with E-state index in [1.54, 1.807) is 12.1 Å². The zero-order valence-corrected chi connectivity index (χ0v) is 19.1. The van der Waals surface area contributed by atoms with Crippen LogP contribution in [0, 0.1) is 13.0 Å². The van der Waals surface area contributed by atoms with Gasteiger partial charge in [-0.1, -0.05) is 15.9 Å². The second-order valence-electron chi connectivity index (χ2n) is 5.37. The second kappa shape index (κ2) is 13.9. The average molecular weight is 541 g/mol. The minimum Gasteiger partial charge on any atom is -0.470 e. The zero-order valence-electron chi connectivity index (χ0n) is 15.0. The van der Waals surface area contributed by atoms with Crippen LogP contribution in [-0.4, -0.2) is 35.5 Å². The quantitative estimate of drug-likeness (QED) is 0.236. The van der Waals surface area contributed by atoms with Gasteiger partial charge in [-0.05, 0) is 44.4 Å². The molecule has 0 aliphatic heterocycles. The van der Waals surface area contributed by atoms with Gasteiger partial charge in [0.1, 0.15) is 5.52 Å². The Morgan fingerprint density at radius 1 is 1.07 bits per heavy atom. The number of oxazole rings is 2. The van der Waals surface area contributed by atoms with E-state index in [0.29, 0.717) is 0 Å². The molecule has 0 aliphatic rings. The Hall–Kier alpha value is -1.21. The molecule has 27 heavy (non-hydrogen) atoms. The van der Waals surface area contributed by atoms with Gasteiger partial charge in [-0.25, -0.2) is 4.98 Å². The van der Waals surface area contributed by atoms with Gasteiger partial charge in [0, 0.05) is 10.1 Å². The first kappa shape index (κ1) is 23.8. The predicted molar refractivity (Wildman–Crippen MR) is 112 cm³/mol. The van der Waals surface area contributed by atoms with Crippen molar-refractivity contribution < 1.29 is 22.5 Å². The number of benzene rings is 2. The molecule has 0 spiro atoms. The summed E-state index contributed by atoms with van der Waals surface area (Å²) in [4.78, 5) is 10.0. The minimum atomic E-state index is 0.814. The van der Waals surface area contributed by atoms with Crippen molar-refractivity contribution in [1.82, 2.24) is 14.9 Å². The van der Waals surface area contributed by atoms with Gasteiger partial charge in [0.15, 0.2) is 18.4 Å². The zero-order chi connectivity index (χ0) is 20.1. The molecule has 0 radical (unpaired) electrons. The number of fused-ring (bicyclic) bond motifs is 2. The third-order valence-electron chi connectivity index (χ3n) is 3.07. The summed E-state index contributed by atoms with van der Waals surface area (Å²) in [5.74, 6) is 0. The standard InChI is InChI=1S/C7H4BrNO.C7H4NO.C5H12N.BrH.Ni/c8-5-1-2-7-6(3-5)9-4-10-7;1-2-4-7-6(3-1)8-5-9-7;1-4-5-6(2)3;;/h1-4H;2-5H;1,4-5H2,2-3H3;1H;/q;2*-1;;+1/p-1. The molecule has 0 amide bonds. The number of aromatic nitrogens is 2. The van der Waals surface area contributed by atoms with Crippen LogP contribution in [0.4, 0.5) is 0 Å². The average Bonchev–Trinajstić information content (AvgIpc) is 3.33. The Bertz CT molecular complexity index is 866. The molecule has 2 heterocycles. The van der Waals surface area contributed by atoms with E-state index in [9.17, 15) is 0 Å². The topological polar surface area (TPSA) is 55.3 Å². The van der Waals surface area contributed by atoms with Crippen molar-refractivity contribution in [1.29, 1.82) is 0 Å². The first-order chi connectivity index (χ1) is 13.1. The van der Waals surface area contributed by atoms with Gasteiger partial charge < -0.3 is 20.7 Å². The number of rotatable bonds is 2. The molecule has 149 valence electrons. The molecule has 4 aromatic rings. The van der Waals surface area contributed by atoms with E-state index >= 15 is 0 Å². The van der Waals surface area contributed by atoms with Gasteiger partial charge in [0.2, 0.25) is 0 Å². The van der Waals surface area contributed by atoms with Crippen molar-refractivity contribution in [3.63, 3.8) is 0 Å². The summed E-state index contributed by atoms with van der Waals surface area (Å²) in [6.07, 6.45) is 3.88. The number of hydrogen-bond acceptors (Lipinski definition) is 5. The van der Waals surface area contributed by atoms with Crippen LogP contribution in [0.2, 0.25) is 0 Å². The predicted octanol–water partition coefficient (Wildman–Crippen LogP) is 5.83. The first-order valence-corrected chi connectivity index (χ1v) is 11.1. The third-order valence-corrected chi connectivity index (χ3v) is 3.57. The van der Waals surface area contributed by atoms with Crippen molar-refractivity contribution >= 4 is 52.4 Å².